The van der Waals surface area contributed by atoms with Gasteiger partial charge in [-0.3, -0.25) is 9.59 Å². The van der Waals surface area contributed by atoms with Gasteiger partial charge in [-0.25, -0.2) is 4.39 Å². The van der Waals surface area contributed by atoms with Gasteiger partial charge in [0.25, 0.3) is 11.5 Å². The Labute approximate surface area is 166 Å². The number of benzene rings is 2. The highest BCUT2D eigenvalue weighted by Crippen LogP contribution is 2.30. The molecular weight excluding hydrogens is 375 g/mol. The molecule has 1 amide bonds. The second kappa shape index (κ2) is 7.09. The minimum atomic E-state index is -1.32. The van der Waals surface area contributed by atoms with E-state index in [-0.39, 0.29) is 17.8 Å². The van der Waals surface area contributed by atoms with Crippen LogP contribution in [0.5, 0.6) is 0 Å². The number of hydrogen-bond acceptors (Lipinski definition) is 4. The Kier molecular flexibility index (Phi) is 4.72. The molecule has 2 heterocycles. The Balaban J connectivity index is 1.65. The molecule has 2 aromatic carbocycles. The third-order valence-electron chi connectivity index (χ3n) is 5.33. The average molecular weight is 396 g/mol. The molecule has 7 heteroatoms. The number of carbonyl (C=O) groups is 1. The fourth-order valence-corrected chi connectivity index (χ4v) is 3.76. The lowest BCUT2D eigenvalue weighted by molar-refractivity contribution is -0.127. The Morgan fingerprint density at radius 3 is 2.62 bits per heavy atom. The summed E-state index contributed by atoms with van der Waals surface area (Å²) in [6, 6.07) is 13.7. The first-order chi connectivity index (χ1) is 13.7. The van der Waals surface area contributed by atoms with Crippen molar-refractivity contribution in [2.75, 3.05) is 0 Å². The molecule has 4 rings (SSSR count). The van der Waals surface area contributed by atoms with Crippen molar-refractivity contribution in [3.05, 3.63) is 70.3 Å². The van der Waals surface area contributed by atoms with E-state index in [1.54, 1.807) is 24.3 Å². The fourth-order valence-electron chi connectivity index (χ4n) is 3.76. The Morgan fingerprint density at radius 2 is 1.93 bits per heavy atom. The van der Waals surface area contributed by atoms with Crippen molar-refractivity contribution in [3.63, 3.8) is 0 Å². The number of ether oxygens (including phenoxy) is 1. The largest absolute Gasteiger partial charge is 0.351 e. The summed E-state index contributed by atoms with van der Waals surface area (Å²) < 4.78 is 19.3. The summed E-state index contributed by atoms with van der Waals surface area (Å²) in [5.74, 6) is -0.724. The van der Waals surface area contributed by atoms with E-state index in [0.717, 1.165) is 5.39 Å². The van der Waals surface area contributed by atoms with Gasteiger partial charge in [0.2, 0.25) is 6.41 Å². The van der Waals surface area contributed by atoms with E-state index in [2.05, 4.69) is 10.3 Å². The summed E-state index contributed by atoms with van der Waals surface area (Å²) in [6.07, 6.45) is -1.92. The van der Waals surface area contributed by atoms with Crippen LogP contribution in [0.3, 0.4) is 0 Å². The van der Waals surface area contributed by atoms with Crippen LogP contribution in [-0.2, 0) is 14.9 Å². The molecule has 29 heavy (non-hydrogen) atoms. The van der Waals surface area contributed by atoms with Crippen LogP contribution in [0.4, 0.5) is 4.39 Å². The first-order valence-electron chi connectivity index (χ1n) is 9.31. The van der Waals surface area contributed by atoms with Crippen molar-refractivity contribution >= 4 is 16.7 Å². The van der Waals surface area contributed by atoms with Gasteiger partial charge >= 0.3 is 0 Å². The molecule has 2 unspecified atom stereocenters. The van der Waals surface area contributed by atoms with Gasteiger partial charge in [-0.05, 0) is 41.0 Å². The van der Waals surface area contributed by atoms with Crippen molar-refractivity contribution in [1.29, 1.82) is 0 Å². The minimum Gasteiger partial charge on any atom is -0.351 e. The molecule has 0 radical (unpaired) electrons. The first-order valence-corrected chi connectivity index (χ1v) is 9.31. The van der Waals surface area contributed by atoms with Crippen molar-refractivity contribution in [1.82, 2.24) is 10.3 Å². The van der Waals surface area contributed by atoms with Crippen LogP contribution in [0.2, 0.25) is 0 Å². The zero-order valence-electron chi connectivity index (χ0n) is 16.0. The summed E-state index contributed by atoms with van der Waals surface area (Å²) >= 11 is 0. The maximum Gasteiger partial charge on any atom is 0.253 e. The highest BCUT2D eigenvalue weighted by Gasteiger charge is 2.37. The second-order valence-electron chi connectivity index (χ2n) is 7.86. The molecule has 1 aliphatic rings. The number of H-pyrrole nitrogens is 1. The monoisotopic (exact) mass is 396 g/mol. The van der Waals surface area contributed by atoms with Gasteiger partial charge < -0.3 is 20.1 Å². The topological polar surface area (TPSA) is 91.4 Å². The molecule has 0 aliphatic carbocycles. The van der Waals surface area contributed by atoms with Crippen LogP contribution >= 0.6 is 0 Å². The smallest absolute Gasteiger partial charge is 0.253 e. The first kappa shape index (κ1) is 19.3. The van der Waals surface area contributed by atoms with Crippen molar-refractivity contribution in [2.45, 2.75) is 38.2 Å². The maximum absolute atomic E-state index is 14.1. The number of aromatic nitrogens is 1. The van der Waals surface area contributed by atoms with E-state index < -0.39 is 23.8 Å². The molecule has 6 nitrogen and oxygen atoms in total. The van der Waals surface area contributed by atoms with E-state index in [1.807, 2.05) is 32.0 Å². The second-order valence-corrected chi connectivity index (χ2v) is 7.86. The third-order valence-corrected chi connectivity index (χ3v) is 5.33. The van der Waals surface area contributed by atoms with E-state index in [4.69, 9.17) is 4.74 Å². The predicted molar refractivity (Wildman–Crippen MR) is 107 cm³/mol. The molecule has 1 saturated heterocycles. The Bertz CT molecular complexity index is 1160. The third kappa shape index (κ3) is 3.66. The number of pyridine rings is 1. The van der Waals surface area contributed by atoms with E-state index in [1.165, 1.54) is 6.07 Å². The quantitative estimate of drug-likeness (QED) is 0.632. The van der Waals surface area contributed by atoms with Crippen LogP contribution in [-0.4, -0.2) is 28.5 Å². The number of hydrogen-bond donors (Lipinski definition) is 3. The molecule has 1 aromatic heterocycles. The lowest BCUT2D eigenvalue weighted by atomic mass is 9.80. The van der Waals surface area contributed by atoms with Crippen molar-refractivity contribution < 1.29 is 19.0 Å². The highest BCUT2D eigenvalue weighted by molar-refractivity contribution is 5.87. The zero-order valence-corrected chi connectivity index (χ0v) is 16.0. The summed E-state index contributed by atoms with van der Waals surface area (Å²) in [5.41, 5.74) is 0.801. The maximum atomic E-state index is 14.1. The van der Waals surface area contributed by atoms with Gasteiger partial charge in [-0.15, -0.1) is 0 Å². The van der Waals surface area contributed by atoms with Gasteiger partial charge in [0.15, 0.2) is 0 Å². The van der Waals surface area contributed by atoms with Crippen molar-refractivity contribution in [3.8, 4) is 11.3 Å². The molecule has 3 aromatic rings. The van der Waals surface area contributed by atoms with E-state index in [0.29, 0.717) is 22.2 Å². The lowest BCUT2D eigenvalue weighted by Gasteiger charge is -2.26. The van der Waals surface area contributed by atoms with Crippen LogP contribution in [0, 0.1) is 5.82 Å². The number of carbonyl (C=O) groups excluding carboxylic acids is 1. The number of fused-ring (bicyclic) bond motifs is 1. The zero-order chi connectivity index (χ0) is 20.8. The molecule has 0 saturated carbocycles. The molecular formula is C22H21FN2O4. The van der Waals surface area contributed by atoms with Gasteiger partial charge in [0.05, 0.1) is 0 Å². The van der Waals surface area contributed by atoms with Gasteiger partial charge in [0, 0.05) is 16.6 Å². The molecule has 0 bridgehead atoms. The van der Waals surface area contributed by atoms with E-state index in [9.17, 15) is 19.1 Å². The number of amides is 1. The normalized spacial score (nSPS) is 19.5. The summed E-state index contributed by atoms with van der Waals surface area (Å²) in [7, 11) is 0. The molecule has 0 spiro atoms. The van der Waals surface area contributed by atoms with E-state index >= 15 is 0 Å². The summed E-state index contributed by atoms with van der Waals surface area (Å²) in [5, 5.41) is 13.0. The van der Waals surface area contributed by atoms with Crippen LogP contribution in [0.15, 0.2) is 53.3 Å². The molecule has 2 atom stereocenters. The van der Waals surface area contributed by atoms with Crippen LogP contribution in [0.25, 0.3) is 22.0 Å². The van der Waals surface area contributed by atoms with Crippen LogP contribution in [0.1, 0.15) is 25.8 Å². The summed E-state index contributed by atoms with van der Waals surface area (Å²) in [4.78, 5) is 27.5. The predicted octanol–water partition coefficient (Wildman–Crippen LogP) is 2.79. The number of aliphatic hydroxyl groups excluding tert-OH is 1. The minimum absolute atomic E-state index is 0.236. The molecule has 3 N–H and O–H groups in total. The molecule has 1 aliphatic heterocycles. The number of halogens is 1. The number of aliphatic hydroxyl groups is 1. The van der Waals surface area contributed by atoms with Crippen molar-refractivity contribution in [2.24, 2.45) is 0 Å². The summed E-state index contributed by atoms with van der Waals surface area (Å²) in [6.45, 7) is 3.67. The number of rotatable bonds is 4. The number of aromatic amines is 1. The SMILES string of the molecule is CC(C)(CC1OC(O)NC1=O)c1ccc(-c2ccc3cccc(F)c3c2)[nH]c1=O. The highest BCUT2D eigenvalue weighted by atomic mass is 19.1. The molecule has 150 valence electrons. The van der Waals surface area contributed by atoms with Gasteiger partial charge in [-0.2, -0.15) is 0 Å². The van der Waals surface area contributed by atoms with Gasteiger partial charge in [-0.1, -0.05) is 44.2 Å². The Hall–Kier alpha value is -3.03. The average Bonchev–Trinajstić information content (AvgIpc) is 2.97. The fraction of sp³-hybridized carbons (Fsp3) is 0.273. The Morgan fingerprint density at radius 1 is 1.14 bits per heavy atom. The number of nitrogens with one attached hydrogen (secondary N) is 2. The molecule has 1 fully saturated rings. The lowest BCUT2D eigenvalue weighted by Crippen LogP contribution is -2.34. The van der Waals surface area contributed by atoms with Gasteiger partial charge in [0.1, 0.15) is 11.9 Å². The standard InChI is InChI=1S/C22H21FN2O4/c1-22(2,11-18-20(27)25-21(28)29-18)15-8-9-17(24-19(15)26)13-7-6-12-4-3-5-16(23)14(12)10-13/h3-10,18,21,28H,11H2,1-2H3,(H,24,26)(H,25,27). The van der Waals surface area contributed by atoms with Crippen LogP contribution < -0.4 is 10.9 Å².